The first kappa shape index (κ1) is 12.1. The molecule has 0 saturated heterocycles. The normalized spacial score (nSPS) is 16.7. The second-order valence-electron chi connectivity index (χ2n) is 3.05. The van der Waals surface area contributed by atoms with Crippen LogP contribution in [-0.4, -0.2) is 26.2 Å². The lowest BCUT2D eigenvalue weighted by molar-refractivity contribution is -0.552. The van der Waals surface area contributed by atoms with Gasteiger partial charge < -0.3 is 10.2 Å². The molecule has 0 fully saturated rings. The molecule has 1 rings (SSSR count). The molecule has 2 N–H and O–H groups in total. The predicted octanol–water partition coefficient (Wildman–Crippen LogP) is 1.08. The number of rotatable bonds is 4. The molecule has 2 unspecified atom stereocenters. The van der Waals surface area contributed by atoms with Gasteiger partial charge in [0.1, 0.15) is 6.61 Å². The third-order valence-corrected chi connectivity index (χ3v) is 3.03. The second-order valence-corrected chi connectivity index (χ2v) is 4.42. The smallest absolute Gasteiger partial charge is 0.326 e. The number of halogens is 1. The van der Waals surface area contributed by atoms with Gasteiger partial charge in [-0.05, 0) is 5.56 Å². The van der Waals surface area contributed by atoms with E-state index in [-0.39, 0.29) is 0 Å². The van der Waals surface area contributed by atoms with Crippen LogP contribution in [0.4, 0.5) is 0 Å². The van der Waals surface area contributed by atoms with Crippen molar-refractivity contribution in [3.63, 3.8) is 0 Å². The SMILES string of the molecule is O=[N+]([O-])C(Br)(CO)C(O)c1ccccc1. The van der Waals surface area contributed by atoms with Crippen molar-refractivity contribution in [1.82, 2.24) is 0 Å². The number of nitro groups is 1. The van der Waals surface area contributed by atoms with Gasteiger partial charge in [-0.15, -0.1) is 0 Å². The summed E-state index contributed by atoms with van der Waals surface area (Å²) in [6.07, 6.45) is -1.40. The Kier molecular flexibility index (Phi) is 3.78. The lowest BCUT2D eigenvalue weighted by Gasteiger charge is -2.22. The maximum absolute atomic E-state index is 10.7. The van der Waals surface area contributed by atoms with Crippen LogP contribution in [0.5, 0.6) is 0 Å². The average Bonchev–Trinajstić information content (AvgIpc) is 2.28. The molecular formula is C9H10BrNO4. The lowest BCUT2D eigenvalue weighted by Crippen LogP contribution is -2.41. The molecule has 0 aliphatic carbocycles. The van der Waals surface area contributed by atoms with Crippen molar-refractivity contribution in [2.45, 2.75) is 10.6 Å². The minimum atomic E-state index is -1.95. The highest BCUT2D eigenvalue weighted by Crippen LogP contribution is 2.33. The Bertz CT molecular complexity index is 345. The summed E-state index contributed by atoms with van der Waals surface area (Å²) in [5, 5.41) is 29.4. The number of benzene rings is 1. The third kappa shape index (κ3) is 2.34. The van der Waals surface area contributed by atoms with Gasteiger partial charge in [0.15, 0.2) is 6.10 Å². The number of alkyl halides is 1. The van der Waals surface area contributed by atoms with E-state index in [1.165, 1.54) is 0 Å². The maximum atomic E-state index is 10.7. The standard InChI is InChI=1S/C9H10BrNO4/c10-9(6-12,11(14)15)8(13)7-4-2-1-3-5-7/h1-5,8,12-13H,6H2. The molecule has 0 bridgehead atoms. The molecule has 0 saturated carbocycles. The molecule has 0 spiro atoms. The summed E-state index contributed by atoms with van der Waals surface area (Å²) >= 11 is 2.75. The number of hydrogen-bond donors (Lipinski definition) is 2. The highest BCUT2D eigenvalue weighted by molar-refractivity contribution is 9.10. The van der Waals surface area contributed by atoms with Crippen molar-refractivity contribution in [2.24, 2.45) is 0 Å². The van der Waals surface area contributed by atoms with E-state index in [0.717, 1.165) is 0 Å². The van der Waals surface area contributed by atoms with Gasteiger partial charge in [0.05, 0.1) is 0 Å². The minimum absolute atomic E-state index is 0.375. The average molecular weight is 276 g/mol. The summed E-state index contributed by atoms with van der Waals surface area (Å²) in [7, 11) is 0. The van der Waals surface area contributed by atoms with Gasteiger partial charge in [-0.1, -0.05) is 30.3 Å². The van der Waals surface area contributed by atoms with Gasteiger partial charge >= 0.3 is 4.45 Å². The summed E-state index contributed by atoms with van der Waals surface area (Å²) in [5.41, 5.74) is 0.375. The summed E-state index contributed by atoms with van der Waals surface area (Å²) < 4.78 is -1.95. The van der Waals surface area contributed by atoms with Crippen LogP contribution in [0.1, 0.15) is 11.7 Å². The second kappa shape index (κ2) is 4.69. The summed E-state index contributed by atoms with van der Waals surface area (Å²) in [4.78, 5) is 9.96. The van der Waals surface area contributed by atoms with Gasteiger partial charge in [-0.3, -0.25) is 10.1 Å². The van der Waals surface area contributed by atoms with Crippen LogP contribution in [0.15, 0.2) is 30.3 Å². The van der Waals surface area contributed by atoms with Crippen LogP contribution >= 0.6 is 15.9 Å². The molecule has 0 heterocycles. The van der Waals surface area contributed by atoms with E-state index in [2.05, 4.69) is 15.9 Å². The van der Waals surface area contributed by atoms with E-state index >= 15 is 0 Å². The molecule has 0 amide bonds. The zero-order valence-electron chi connectivity index (χ0n) is 7.71. The first-order valence-corrected chi connectivity index (χ1v) is 4.99. The van der Waals surface area contributed by atoms with Gasteiger partial charge in [0.25, 0.3) is 0 Å². The van der Waals surface area contributed by atoms with E-state index in [1.807, 2.05) is 0 Å². The lowest BCUT2D eigenvalue weighted by atomic mass is 10.0. The molecular weight excluding hydrogens is 266 g/mol. The summed E-state index contributed by atoms with van der Waals surface area (Å²) in [5.74, 6) is 0. The van der Waals surface area contributed by atoms with Crippen molar-refractivity contribution in [2.75, 3.05) is 6.61 Å². The van der Waals surface area contributed by atoms with E-state index < -0.39 is 22.1 Å². The molecule has 0 radical (unpaired) electrons. The van der Waals surface area contributed by atoms with E-state index in [4.69, 9.17) is 5.11 Å². The largest absolute Gasteiger partial charge is 0.388 e. The molecule has 0 aliphatic rings. The fraction of sp³-hybridized carbons (Fsp3) is 0.333. The molecule has 15 heavy (non-hydrogen) atoms. The third-order valence-electron chi connectivity index (χ3n) is 2.06. The monoisotopic (exact) mass is 275 g/mol. The first-order valence-electron chi connectivity index (χ1n) is 4.19. The fourth-order valence-corrected chi connectivity index (χ4v) is 1.40. The van der Waals surface area contributed by atoms with E-state index in [1.54, 1.807) is 30.3 Å². The van der Waals surface area contributed by atoms with Crippen LogP contribution in [0.25, 0.3) is 0 Å². The van der Waals surface area contributed by atoms with Crippen LogP contribution in [0, 0.1) is 10.1 Å². The van der Waals surface area contributed by atoms with Crippen molar-refractivity contribution >= 4 is 15.9 Å². The number of aliphatic hydroxyl groups is 2. The highest BCUT2D eigenvalue weighted by atomic mass is 79.9. The Morgan fingerprint density at radius 1 is 1.47 bits per heavy atom. The maximum Gasteiger partial charge on any atom is 0.326 e. The Balaban J connectivity index is 3.02. The van der Waals surface area contributed by atoms with Crippen molar-refractivity contribution in [3.05, 3.63) is 46.0 Å². The predicted molar refractivity (Wildman–Crippen MR) is 57.1 cm³/mol. The van der Waals surface area contributed by atoms with Crippen molar-refractivity contribution < 1.29 is 15.1 Å². The van der Waals surface area contributed by atoms with Crippen molar-refractivity contribution in [1.29, 1.82) is 0 Å². The van der Waals surface area contributed by atoms with Crippen LogP contribution in [0.3, 0.4) is 0 Å². The van der Waals surface area contributed by atoms with Crippen LogP contribution in [-0.2, 0) is 0 Å². The molecule has 5 nitrogen and oxygen atoms in total. The van der Waals surface area contributed by atoms with Gasteiger partial charge in [-0.25, -0.2) is 0 Å². The first-order chi connectivity index (χ1) is 7.02. The molecule has 82 valence electrons. The topological polar surface area (TPSA) is 83.6 Å². The van der Waals surface area contributed by atoms with E-state index in [9.17, 15) is 15.2 Å². The number of hydrogen-bond acceptors (Lipinski definition) is 4. The zero-order chi connectivity index (χ0) is 11.5. The molecule has 0 aliphatic heterocycles. The Morgan fingerprint density at radius 2 is 2.00 bits per heavy atom. The zero-order valence-corrected chi connectivity index (χ0v) is 9.29. The molecule has 1 aromatic carbocycles. The molecule has 0 aromatic heterocycles. The highest BCUT2D eigenvalue weighted by Gasteiger charge is 2.47. The summed E-state index contributed by atoms with van der Waals surface area (Å²) in [6, 6.07) is 8.16. The Morgan fingerprint density at radius 3 is 2.40 bits per heavy atom. The van der Waals surface area contributed by atoms with E-state index in [0.29, 0.717) is 5.56 Å². The van der Waals surface area contributed by atoms with Gasteiger partial charge in [0.2, 0.25) is 0 Å². The Labute approximate surface area is 94.6 Å². The fourth-order valence-electron chi connectivity index (χ4n) is 1.13. The number of nitrogens with zero attached hydrogens (tertiary/aromatic N) is 1. The molecule has 6 heteroatoms. The van der Waals surface area contributed by atoms with Gasteiger partial charge in [0, 0.05) is 20.9 Å². The Hall–Kier alpha value is -0.980. The number of aliphatic hydroxyl groups excluding tert-OH is 2. The van der Waals surface area contributed by atoms with Crippen molar-refractivity contribution in [3.8, 4) is 0 Å². The quantitative estimate of drug-likeness (QED) is 0.373. The minimum Gasteiger partial charge on any atom is -0.388 e. The molecule has 1 aromatic rings. The van der Waals surface area contributed by atoms with Crippen LogP contribution in [0.2, 0.25) is 0 Å². The van der Waals surface area contributed by atoms with Gasteiger partial charge in [-0.2, -0.15) is 0 Å². The summed E-state index contributed by atoms with van der Waals surface area (Å²) in [6.45, 7) is -0.796. The van der Waals surface area contributed by atoms with Crippen LogP contribution < -0.4 is 0 Å². The molecule has 2 atom stereocenters.